The van der Waals surface area contributed by atoms with Gasteiger partial charge in [-0.2, -0.15) is 0 Å². The number of fused-ring (bicyclic) bond motifs is 3. The molecular formula is C22H33NO. The lowest BCUT2D eigenvalue weighted by atomic mass is 9.62. The zero-order valence-electron chi connectivity index (χ0n) is 15.8. The molecule has 1 N–H and O–H groups in total. The first-order valence-corrected chi connectivity index (χ1v) is 10.4. The van der Waals surface area contributed by atoms with E-state index >= 15 is 0 Å². The molecule has 0 saturated heterocycles. The number of hydrogen-bond acceptors (Lipinski definition) is 2. The number of carbonyl (C=O) groups excluding carboxylic acids is 1. The predicted octanol–water partition coefficient (Wildman–Crippen LogP) is 4.56. The zero-order valence-corrected chi connectivity index (χ0v) is 15.8. The topological polar surface area (TPSA) is 29.1 Å². The summed E-state index contributed by atoms with van der Waals surface area (Å²) in [7, 11) is 0. The van der Waals surface area contributed by atoms with Crippen LogP contribution >= 0.6 is 0 Å². The number of Topliss-reactive ketones (excluding diaryl/α,β-unsaturated/α-hetero) is 1. The third-order valence-electron chi connectivity index (χ3n) is 8.92. The van der Waals surface area contributed by atoms with E-state index in [4.69, 9.17) is 0 Å². The van der Waals surface area contributed by atoms with Gasteiger partial charge >= 0.3 is 0 Å². The Labute approximate surface area is 146 Å². The second-order valence-electron chi connectivity index (χ2n) is 10.4. The van der Waals surface area contributed by atoms with Gasteiger partial charge in [-0.15, -0.1) is 0 Å². The van der Waals surface area contributed by atoms with Crippen molar-refractivity contribution < 1.29 is 4.79 Å². The number of ketones is 1. The monoisotopic (exact) mass is 327 g/mol. The van der Waals surface area contributed by atoms with Crippen molar-refractivity contribution in [3.63, 3.8) is 0 Å². The van der Waals surface area contributed by atoms with Crippen LogP contribution in [0.15, 0.2) is 11.3 Å². The van der Waals surface area contributed by atoms with E-state index in [-0.39, 0.29) is 0 Å². The first-order valence-electron chi connectivity index (χ1n) is 10.4. The largest absolute Gasteiger partial charge is 0.385 e. The molecule has 0 radical (unpaired) electrons. The summed E-state index contributed by atoms with van der Waals surface area (Å²) in [5.41, 5.74) is 2.72. The van der Waals surface area contributed by atoms with E-state index in [1.54, 1.807) is 0 Å². The van der Waals surface area contributed by atoms with Crippen molar-refractivity contribution in [3.8, 4) is 0 Å². The molecule has 5 saturated carbocycles. The minimum atomic E-state index is 0.359. The second-order valence-corrected chi connectivity index (χ2v) is 10.4. The molecule has 2 heteroatoms. The molecule has 132 valence electrons. The Balaban J connectivity index is 1.36. The van der Waals surface area contributed by atoms with Crippen LogP contribution in [0.2, 0.25) is 0 Å². The van der Waals surface area contributed by atoms with Gasteiger partial charge in [-0.05, 0) is 92.8 Å². The van der Waals surface area contributed by atoms with Crippen molar-refractivity contribution in [2.75, 3.05) is 0 Å². The average Bonchev–Trinajstić information content (AvgIpc) is 2.80. The third-order valence-corrected chi connectivity index (χ3v) is 8.92. The molecule has 5 aliphatic carbocycles. The van der Waals surface area contributed by atoms with Gasteiger partial charge in [-0.25, -0.2) is 0 Å². The van der Waals surface area contributed by atoms with Crippen molar-refractivity contribution in [2.24, 2.45) is 46.8 Å². The van der Waals surface area contributed by atoms with Crippen LogP contribution in [-0.2, 0) is 4.79 Å². The standard InChI is InChI=1S/C22H33NO/c1-11(19-15-6-5-14-7-13(8-15)9-16(14)19)23-12(2)20-18(24)10-17-21(20)22(17,3)4/h11,13-17,19,21,23H,5-10H2,1-4H3. The normalized spacial score (nSPS) is 50.7. The third kappa shape index (κ3) is 1.98. The van der Waals surface area contributed by atoms with Gasteiger partial charge in [0, 0.05) is 23.7 Å². The van der Waals surface area contributed by atoms with E-state index in [0.717, 1.165) is 41.6 Å². The number of nitrogens with one attached hydrogen (secondary N) is 1. The van der Waals surface area contributed by atoms with Crippen LogP contribution in [0.4, 0.5) is 0 Å². The molecular weight excluding hydrogens is 294 g/mol. The molecule has 2 nitrogen and oxygen atoms in total. The van der Waals surface area contributed by atoms with Gasteiger partial charge < -0.3 is 5.32 Å². The molecule has 8 atom stereocenters. The van der Waals surface area contributed by atoms with Gasteiger partial charge in [-0.1, -0.05) is 13.8 Å². The summed E-state index contributed by atoms with van der Waals surface area (Å²) in [5, 5.41) is 3.84. The van der Waals surface area contributed by atoms with Crippen LogP contribution in [0.5, 0.6) is 0 Å². The highest BCUT2D eigenvalue weighted by Gasteiger charge is 2.65. The van der Waals surface area contributed by atoms with Gasteiger partial charge in [0.05, 0.1) is 0 Å². The highest BCUT2D eigenvalue weighted by Crippen LogP contribution is 2.68. The number of rotatable bonds is 3. The maximum atomic E-state index is 12.5. The summed E-state index contributed by atoms with van der Waals surface area (Å²) >= 11 is 0. The number of allylic oxidation sites excluding steroid dienone is 2. The molecule has 3 bridgehead atoms. The Kier molecular flexibility index (Phi) is 3.15. The minimum Gasteiger partial charge on any atom is -0.385 e. The fourth-order valence-electron chi connectivity index (χ4n) is 7.86. The molecule has 5 rings (SSSR count). The van der Waals surface area contributed by atoms with E-state index in [0.29, 0.717) is 29.1 Å². The summed E-state index contributed by atoms with van der Waals surface area (Å²) in [6, 6.07) is 0.531. The molecule has 24 heavy (non-hydrogen) atoms. The van der Waals surface area contributed by atoms with E-state index in [1.807, 2.05) is 0 Å². The van der Waals surface area contributed by atoms with Crippen molar-refractivity contribution in [3.05, 3.63) is 11.3 Å². The van der Waals surface area contributed by atoms with Crippen LogP contribution in [-0.4, -0.2) is 11.8 Å². The Morgan fingerprint density at radius 1 is 1.17 bits per heavy atom. The smallest absolute Gasteiger partial charge is 0.161 e. The molecule has 0 heterocycles. The van der Waals surface area contributed by atoms with Gasteiger partial charge in [0.25, 0.3) is 0 Å². The van der Waals surface area contributed by atoms with E-state index in [2.05, 4.69) is 33.0 Å². The van der Waals surface area contributed by atoms with Crippen LogP contribution in [0, 0.1) is 46.8 Å². The van der Waals surface area contributed by atoms with E-state index < -0.39 is 0 Å². The zero-order chi connectivity index (χ0) is 16.8. The fourth-order valence-corrected chi connectivity index (χ4v) is 7.86. The second kappa shape index (κ2) is 4.89. The van der Waals surface area contributed by atoms with Gasteiger partial charge in [0.15, 0.2) is 5.78 Å². The van der Waals surface area contributed by atoms with Gasteiger partial charge in [0.1, 0.15) is 0 Å². The predicted molar refractivity (Wildman–Crippen MR) is 96.2 cm³/mol. The van der Waals surface area contributed by atoms with Crippen molar-refractivity contribution in [2.45, 2.75) is 72.3 Å². The maximum Gasteiger partial charge on any atom is 0.161 e. The summed E-state index contributed by atoms with van der Waals surface area (Å²) in [4.78, 5) is 12.5. The van der Waals surface area contributed by atoms with Crippen molar-refractivity contribution in [1.82, 2.24) is 5.32 Å². The lowest BCUT2D eigenvalue weighted by Gasteiger charge is -2.46. The Hall–Kier alpha value is -0.790. The molecule has 0 aliphatic heterocycles. The van der Waals surface area contributed by atoms with Gasteiger partial charge in [-0.3, -0.25) is 4.79 Å². The van der Waals surface area contributed by atoms with Crippen molar-refractivity contribution >= 4 is 5.78 Å². The highest BCUT2D eigenvalue weighted by atomic mass is 16.1. The molecule has 0 aromatic carbocycles. The summed E-state index contributed by atoms with van der Waals surface area (Å²) in [5.74, 6) is 6.38. The van der Waals surface area contributed by atoms with Crippen LogP contribution < -0.4 is 5.32 Å². The summed E-state index contributed by atoms with van der Waals surface area (Å²) < 4.78 is 0. The fraction of sp³-hybridized carbons (Fsp3) is 0.864. The lowest BCUT2D eigenvalue weighted by Crippen LogP contribution is -2.46. The van der Waals surface area contributed by atoms with E-state index in [1.165, 1.54) is 37.8 Å². The van der Waals surface area contributed by atoms with Crippen molar-refractivity contribution in [1.29, 1.82) is 0 Å². The minimum absolute atomic E-state index is 0.359. The number of hydrogen-bond donors (Lipinski definition) is 1. The van der Waals surface area contributed by atoms with Crippen LogP contribution in [0.25, 0.3) is 0 Å². The first kappa shape index (κ1) is 15.5. The highest BCUT2D eigenvalue weighted by molar-refractivity contribution is 6.01. The van der Waals surface area contributed by atoms with Crippen LogP contribution in [0.1, 0.15) is 66.2 Å². The molecule has 0 aromatic heterocycles. The molecule has 0 amide bonds. The molecule has 0 spiro atoms. The lowest BCUT2D eigenvalue weighted by molar-refractivity contribution is -0.115. The Bertz CT molecular complexity index is 617. The Morgan fingerprint density at radius 2 is 1.88 bits per heavy atom. The summed E-state index contributed by atoms with van der Waals surface area (Å²) in [6.45, 7) is 9.26. The molecule has 0 aromatic rings. The number of carbonyl (C=O) groups is 1. The summed E-state index contributed by atoms with van der Waals surface area (Å²) in [6.07, 6.45) is 8.23. The Morgan fingerprint density at radius 3 is 2.62 bits per heavy atom. The van der Waals surface area contributed by atoms with Gasteiger partial charge in [0.2, 0.25) is 0 Å². The molecule has 5 fully saturated rings. The first-order chi connectivity index (χ1) is 11.4. The molecule has 5 aliphatic rings. The molecule has 8 unspecified atom stereocenters. The van der Waals surface area contributed by atoms with Crippen LogP contribution in [0.3, 0.4) is 0 Å². The maximum absolute atomic E-state index is 12.5. The quantitative estimate of drug-likeness (QED) is 0.770. The van der Waals surface area contributed by atoms with E-state index in [9.17, 15) is 4.79 Å². The average molecular weight is 328 g/mol. The SMILES string of the molecule is CC(NC(C)C1C2CCC3CC(C2)CC31)=C1C(=O)CC2C1C2(C)C.